The number of carbonyl (C=O) groups is 1. The Bertz CT molecular complexity index is 625. The van der Waals surface area contributed by atoms with Crippen molar-refractivity contribution in [1.82, 2.24) is 5.32 Å². The third-order valence-corrected chi connectivity index (χ3v) is 4.21. The molecule has 0 radical (unpaired) electrons. The third-order valence-electron chi connectivity index (χ3n) is 3.71. The Morgan fingerprint density at radius 2 is 2.09 bits per heavy atom. The van der Waals surface area contributed by atoms with Gasteiger partial charge in [-0.3, -0.25) is 20.2 Å². The van der Waals surface area contributed by atoms with Crippen molar-refractivity contribution in [2.24, 2.45) is 5.92 Å². The van der Waals surface area contributed by atoms with E-state index in [2.05, 4.69) is 26.0 Å². The molecule has 0 saturated carbocycles. The van der Waals surface area contributed by atoms with E-state index in [1.807, 2.05) is 0 Å². The van der Waals surface area contributed by atoms with E-state index in [4.69, 9.17) is 0 Å². The predicted molar refractivity (Wildman–Crippen MR) is 76.2 cm³/mol. The standard InChI is InChI=1S/C13H12BrF3N2O4/c1-23-12(20)10-8(13(15,16)17)11(19(21)22)9(18-10)6-3-2-4-7(14)5-6/h2-5,8-11,18H,1H3/t8-,9-,10-,11+/m1/s1. The number of rotatable bonds is 3. The Morgan fingerprint density at radius 1 is 1.43 bits per heavy atom. The first-order valence-electron chi connectivity index (χ1n) is 6.46. The Balaban J connectivity index is 2.51. The van der Waals surface area contributed by atoms with Crippen LogP contribution in [0.25, 0.3) is 0 Å². The molecule has 1 fully saturated rings. The van der Waals surface area contributed by atoms with E-state index in [0.717, 1.165) is 7.11 Å². The van der Waals surface area contributed by atoms with Crippen molar-refractivity contribution in [2.75, 3.05) is 7.11 Å². The zero-order valence-electron chi connectivity index (χ0n) is 11.7. The third kappa shape index (κ3) is 3.47. The smallest absolute Gasteiger partial charge is 0.400 e. The minimum atomic E-state index is -4.93. The lowest BCUT2D eigenvalue weighted by Gasteiger charge is -2.21. The second kappa shape index (κ2) is 6.44. The van der Waals surface area contributed by atoms with E-state index < -0.39 is 41.1 Å². The van der Waals surface area contributed by atoms with Crippen LogP contribution >= 0.6 is 15.9 Å². The lowest BCUT2D eigenvalue weighted by molar-refractivity contribution is -0.540. The summed E-state index contributed by atoms with van der Waals surface area (Å²) in [7, 11) is 0.936. The fraction of sp³-hybridized carbons (Fsp3) is 0.462. The van der Waals surface area contributed by atoms with Crippen molar-refractivity contribution in [3.05, 3.63) is 44.4 Å². The SMILES string of the molecule is COC(=O)[C@@H]1N[C@H](c2cccc(Br)c2)[C@@H]([N+](=O)[O-])[C@@H]1C(F)(F)F. The molecule has 126 valence electrons. The average molecular weight is 397 g/mol. The monoisotopic (exact) mass is 396 g/mol. The zero-order valence-corrected chi connectivity index (χ0v) is 13.3. The molecule has 23 heavy (non-hydrogen) atoms. The van der Waals surface area contributed by atoms with Crippen LogP contribution in [-0.2, 0) is 9.53 Å². The zero-order chi connectivity index (χ0) is 17.4. The van der Waals surface area contributed by atoms with Gasteiger partial charge in [0.1, 0.15) is 18.0 Å². The van der Waals surface area contributed by atoms with E-state index in [0.29, 0.717) is 4.47 Å². The Kier molecular flexibility index (Phi) is 4.95. The van der Waals surface area contributed by atoms with Crippen LogP contribution < -0.4 is 5.32 Å². The molecular weight excluding hydrogens is 385 g/mol. The lowest BCUT2D eigenvalue weighted by Crippen LogP contribution is -2.46. The van der Waals surface area contributed by atoms with Gasteiger partial charge in [-0.2, -0.15) is 13.2 Å². The maximum absolute atomic E-state index is 13.3. The number of carbonyl (C=O) groups excluding carboxylic acids is 1. The molecule has 2 rings (SSSR count). The largest absolute Gasteiger partial charge is 0.468 e. The molecule has 0 bridgehead atoms. The topological polar surface area (TPSA) is 81.5 Å². The number of alkyl halides is 3. The maximum atomic E-state index is 13.3. The molecule has 0 aromatic heterocycles. The summed E-state index contributed by atoms with van der Waals surface area (Å²) >= 11 is 3.17. The first-order valence-corrected chi connectivity index (χ1v) is 7.25. The van der Waals surface area contributed by atoms with Crippen molar-refractivity contribution in [3.8, 4) is 0 Å². The van der Waals surface area contributed by atoms with Gasteiger partial charge in [-0.25, -0.2) is 0 Å². The summed E-state index contributed by atoms with van der Waals surface area (Å²) in [5.41, 5.74) is 0.279. The van der Waals surface area contributed by atoms with E-state index in [9.17, 15) is 28.1 Å². The van der Waals surface area contributed by atoms with E-state index in [1.54, 1.807) is 12.1 Å². The van der Waals surface area contributed by atoms with Gasteiger partial charge in [-0.1, -0.05) is 28.1 Å². The Morgan fingerprint density at radius 3 is 2.57 bits per heavy atom. The number of halogens is 4. The van der Waals surface area contributed by atoms with Crippen LogP contribution in [-0.4, -0.2) is 36.3 Å². The molecular formula is C13H12BrF3N2O4. The van der Waals surface area contributed by atoms with Gasteiger partial charge in [0.2, 0.25) is 6.04 Å². The number of hydrogen-bond acceptors (Lipinski definition) is 5. The fourth-order valence-electron chi connectivity index (χ4n) is 2.77. The average Bonchev–Trinajstić information content (AvgIpc) is 2.87. The van der Waals surface area contributed by atoms with Crippen LogP contribution in [0.1, 0.15) is 11.6 Å². The van der Waals surface area contributed by atoms with Gasteiger partial charge in [0.15, 0.2) is 0 Å². The van der Waals surface area contributed by atoms with Crippen LogP contribution in [0.15, 0.2) is 28.7 Å². The highest BCUT2D eigenvalue weighted by Crippen LogP contribution is 2.43. The Hall–Kier alpha value is -1.68. The van der Waals surface area contributed by atoms with Gasteiger partial charge in [0.25, 0.3) is 0 Å². The van der Waals surface area contributed by atoms with E-state index >= 15 is 0 Å². The molecule has 4 atom stereocenters. The second-order valence-electron chi connectivity index (χ2n) is 5.04. The number of esters is 1. The molecule has 0 aliphatic carbocycles. The number of nitrogens with zero attached hydrogens (tertiary/aromatic N) is 1. The normalized spacial score (nSPS) is 27.7. The molecule has 0 amide bonds. The number of nitrogens with one attached hydrogen (secondary N) is 1. The lowest BCUT2D eigenvalue weighted by atomic mass is 9.90. The molecule has 1 aliphatic heterocycles. The number of hydrogen-bond donors (Lipinski definition) is 1. The predicted octanol–water partition coefficient (Wildman–Crippen LogP) is 2.46. The summed E-state index contributed by atoms with van der Waals surface area (Å²) in [6.45, 7) is 0. The second-order valence-corrected chi connectivity index (χ2v) is 5.96. The van der Waals surface area contributed by atoms with Gasteiger partial charge in [-0.05, 0) is 17.7 Å². The summed E-state index contributed by atoms with van der Waals surface area (Å²) in [6, 6.07) is 0.990. The molecule has 1 aliphatic rings. The summed E-state index contributed by atoms with van der Waals surface area (Å²) in [5, 5.41) is 13.7. The highest BCUT2D eigenvalue weighted by Gasteiger charge is 2.65. The van der Waals surface area contributed by atoms with Crippen molar-refractivity contribution in [2.45, 2.75) is 24.3 Å². The van der Waals surface area contributed by atoms with Gasteiger partial charge in [0.05, 0.1) is 7.11 Å². The summed E-state index contributed by atoms with van der Waals surface area (Å²) in [5.74, 6) is -3.66. The van der Waals surface area contributed by atoms with Gasteiger partial charge >= 0.3 is 12.1 Å². The molecule has 1 aromatic carbocycles. The molecule has 6 nitrogen and oxygen atoms in total. The quantitative estimate of drug-likeness (QED) is 0.482. The summed E-state index contributed by atoms with van der Waals surface area (Å²) in [6.07, 6.45) is -4.93. The molecule has 0 spiro atoms. The van der Waals surface area contributed by atoms with Gasteiger partial charge in [-0.15, -0.1) is 0 Å². The van der Waals surface area contributed by atoms with E-state index in [-0.39, 0.29) is 5.56 Å². The van der Waals surface area contributed by atoms with Crippen molar-refractivity contribution < 1.29 is 27.6 Å². The van der Waals surface area contributed by atoms with Gasteiger partial charge in [0, 0.05) is 9.40 Å². The van der Waals surface area contributed by atoms with Crippen LogP contribution in [0.4, 0.5) is 13.2 Å². The van der Waals surface area contributed by atoms with Crippen molar-refractivity contribution >= 4 is 21.9 Å². The first kappa shape index (κ1) is 17.7. The van der Waals surface area contributed by atoms with Crippen molar-refractivity contribution in [3.63, 3.8) is 0 Å². The van der Waals surface area contributed by atoms with Crippen LogP contribution in [0, 0.1) is 16.0 Å². The number of ether oxygens (including phenoxy) is 1. The molecule has 1 N–H and O–H groups in total. The summed E-state index contributed by atoms with van der Waals surface area (Å²) in [4.78, 5) is 22.0. The van der Waals surface area contributed by atoms with E-state index in [1.165, 1.54) is 12.1 Å². The highest BCUT2D eigenvalue weighted by atomic mass is 79.9. The summed E-state index contributed by atoms with van der Waals surface area (Å²) < 4.78 is 44.9. The maximum Gasteiger partial charge on any atom is 0.400 e. The van der Waals surface area contributed by atoms with Crippen molar-refractivity contribution in [1.29, 1.82) is 0 Å². The first-order chi connectivity index (χ1) is 10.7. The van der Waals surface area contributed by atoms with Crippen LogP contribution in [0.2, 0.25) is 0 Å². The molecule has 10 heteroatoms. The molecule has 1 saturated heterocycles. The highest BCUT2D eigenvalue weighted by molar-refractivity contribution is 9.10. The number of methoxy groups -OCH3 is 1. The van der Waals surface area contributed by atoms with Crippen LogP contribution in [0.3, 0.4) is 0 Å². The molecule has 1 heterocycles. The van der Waals surface area contributed by atoms with Crippen LogP contribution in [0.5, 0.6) is 0 Å². The molecule has 0 unspecified atom stereocenters. The fourth-order valence-corrected chi connectivity index (χ4v) is 3.19. The number of benzene rings is 1. The minimum absolute atomic E-state index is 0.279. The Labute approximate surface area is 137 Å². The minimum Gasteiger partial charge on any atom is -0.468 e. The number of nitro groups is 1. The van der Waals surface area contributed by atoms with Gasteiger partial charge < -0.3 is 4.74 Å². The molecule has 1 aromatic rings.